The summed E-state index contributed by atoms with van der Waals surface area (Å²) in [4.78, 5) is 34.3. The lowest BCUT2D eigenvalue weighted by Gasteiger charge is -2.17. The van der Waals surface area contributed by atoms with Crippen LogP contribution in [0, 0.1) is 29.5 Å². The van der Waals surface area contributed by atoms with Crippen molar-refractivity contribution in [3.05, 3.63) is 30.0 Å². The number of allylic oxidation sites excluding steroid dienone is 2. The van der Waals surface area contributed by atoms with Crippen LogP contribution in [-0.4, -0.2) is 39.8 Å². The second-order valence-electron chi connectivity index (χ2n) is 6.94. The van der Waals surface area contributed by atoms with E-state index in [1.807, 2.05) is 6.92 Å². The van der Waals surface area contributed by atoms with Crippen LogP contribution in [0.1, 0.15) is 25.5 Å². The first-order chi connectivity index (χ1) is 12.1. The van der Waals surface area contributed by atoms with Crippen molar-refractivity contribution in [3.8, 4) is 0 Å². The molecule has 0 radical (unpaired) electrons. The third-order valence-corrected chi connectivity index (χ3v) is 5.61. The van der Waals surface area contributed by atoms with Crippen LogP contribution in [0.4, 0.5) is 10.2 Å². The fourth-order valence-corrected chi connectivity index (χ4v) is 4.40. The molecule has 1 saturated heterocycles. The quantitative estimate of drug-likeness (QED) is 0.484. The molecule has 2 heterocycles. The summed E-state index contributed by atoms with van der Waals surface area (Å²) in [7, 11) is 0. The van der Waals surface area contributed by atoms with E-state index in [0.29, 0.717) is 31.6 Å². The van der Waals surface area contributed by atoms with Gasteiger partial charge in [-0.2, -0.15) is 0 Å². The largest absolute Gasteiger partial charge is 0.367 e. The number of hydrogen-bond acceptors (Lipinski definition) is 5. The number of nitrogens with zero attached hydrogens (tertiary/aromatic N) is 3. The molecule has 2 bridgehead atoms. The third kappa shape index (κ3) is 2.53. The number of anilines is 1. The summed E-state index contributed by atoms with van der Waals surface area (Å²) in [6.45, 7) is 2.64. The van der Waals surface area contributed by atoms with Crippen LogP contribution in [0.15, 0.2) is 18.5 Å². The fourth-order valence-electron chi connectivity index (χ4n) is 4.40. The van der Waals surface area contributed by atoms with Crippen molar-refractivity contribution in [2.45, 2.75) is 26.2 Å². The molecule has 2 aliphatic carbocycles. The van der Waals surface area contributed by atoms with E-state index < -0.39 is 5.82 Å². The number of likely N-dealkylation sites (tertiary alicyclic amines) is 1. The molecule has 132 valence electrons. The summed E-state index contributed by atoms with van der Waals surface area (Å²) in [5.41, 5.74) is 0.373. The van der Waals surface area contributed by atoms with E-state index >= 15 is 0 Å². The van der Waals surface area contributed by atoms with E-state index in [-0.39, 0.29) is 41.3 Å². The lowest BCUT2D eigenvalue weighted by molar-refractivity contribution is -0.140. The summed E-state index contributed by atoms with van der Waals surface area (Å²) in [6.07, 6.45) is 7.51. The Kier molecular flexibility index (Phi) is 4.01. The van der Waals surface area contributed by atoms with Gasteiger partial charge in [-0.15, -0.1) is 0 Å². The van der Waals surface area contributed by atoms with Crippen LogP contribution in [0.2, 0.25) is 0 Å². The lowest BCUT2D eigenvalue weighted by Crippen LogP contribution is -2.34. The number of carbonyl (C=O) groups excluding carboxylic acids is 2. The number of imide groups is 1. The van der Waals surface area contributed by atoms with Gasteiger partial charge in [-0.3, -0.25) is 14.5 Å². The average molecular weight is 344 g/mol. The van der Waals surface area contributed by atoms with Crippen molar-refractivity contribution in [1.29, 1.82) is 0 Å². The zero-order chi connectivity index (χ0) is 17.6. The third-order valence-electron chi connectivity index (χ3n) is 5.61. The van der Waals surface area contributed by atoms with Crippen LogP contribution in [0.5, 0.6) is 0 Å². The van der Waals surface area contributed by atoms with Gasteiger partial charge in [-0.25, -0.2) is 14.4 Å². The first kappa shape index (κ1) is 16.2. The monoisotopic (exact) mass is 344 g/mol. The van der Waals surface area contributed by atoms with Gasteiger partial charge in [0.2, 0.25) is 11.8 Å². The van der Waals surface area contributed by atoms with Gasteiger partial charge in [0.15, 0.2) is 11.6 Å². The zero-order valence-corrected chi connectivity index (χ0v) is 14.1. The van der Waals surface area contributed by atoms with E-state index in [1.165, 1.54) is 11.2 Å². The highest BCUT2D eigenvalue weighted by Gasteiger charge is 2.58. The average Bonchev–Trinajstić information content (AvgIpc) is 3.29. The molecule has 1 aromatic rings. The fraction of sp³-hybridized carbons (Fsp3) is 0.556. The summed E-state index contributed by atoms with van der Waals surface area (Å²) in [6, 6.07) is 0. The highest BCUT2D eigenvalue weighted by Crippen LogP contribution is 2.52. The minimum Gasteiger partial charge on any atom is -0.367 e. The standard InChI is InChI=1S/C18H21FN4O2/c1-2-12-15(19)16(22-9-21-12)20-6-3-7-23-17(24)13-10-4-5-11(8-10)14(13)18(23)25/h4-5,9-11,13-14H,2-3,6-8H2,1H3,(H,20,21,22)/t10-,11-,13-,14-/m0/s1. The second kappa shape index (κ2) is 6.20. The topological polar surface area (TPSA) is 75.2 Å². The van der Waals surface area contributed by atoms with Crippen molar-refractivity contribution in [2.75, 3.05) is 18.4 Å². The number of fused-ring (bicyclic) bond motifs is 5. The Labute approximate surface area is 145 Å². The van der Waals surface area contributed by atoms with Crippen LogP contribution in [-0.2, 0) is 16.0 Å². The number of aryl methyl sites for hydroxylation is 1. The van der Waals surface area contributed by atoms with Crippen LogP contribution in [0.3, 0.4) is 0 Å². The molecule has 3 aliphatic rings. The number of nitrogens with one attached hydrogen (secondary N) is 1. The molecule has 2 fully saturated rings. The van der Waals surface area contributed by atoms with Crippen LogP contribution in [0.25, 0.3) is 0 Å². The van der Waals surface area contributed by atoms with Gasteiger partial charge < -0.3 is 5.32 Å². The number of rotatable bonds is 6. The predicted molar refractivity (Wildman–Crippen MR) is 88.9 cm³/mol. The van der Waals surface area contributed by atoms with E-state index in [9.17, 15) is 14.0 Å². The van der Waals surface area contributed by atoms with Crippen LogP contribution < -0.4 is 5.32 Å². The van der Waals surface area contributed by atoms with E-state index in [2.05, 4.69) is 27.4 Å². The minimum atomic E-state index is -0.435. The minimum absolute atomic E-state index is 0.0339. The Morgan fingerprint density at radius 3 is 2.52 bits per heavy atom. The molecule has 6 nitrogen and oxygen atoms in total. The molecular weight excluding hydrogens is 323 g/mol. The Hall–Kier alpha value is -2.31. The molecule has 4 atom stereocenters. The number of hydrogen-bond donors (Lipinski definition) is 1. The number of carbonyl (C=O) groups is 2. The van der Waals surface area contributed by atoms with E-state index in [4.69, 9.17) is 0 Å². The molecule has 1 N–H and O–H groups in total. The molecule has 1 aliphatic heterocycles. The maximum atomic E-state index is 14.1. The van der Waals surface area contributed by atoms with E-state index in [0.717, 1.165) is 6.42 Å². The smallest absolute Gasteiger partial charge is 0.233 e. The highest BCUT2D eigenvalue weighted by atomic mass is 19.1. The first-order valence-corrected chi connectivity index (χ1v) is 8.88. The van der Waals surface area contributed by atoms with Crippen molar-refractivity contribution in [1.82, 2.24) is 14.9 Å². The van der Waals surface area contributed by atoms with Gasteiger partial charge in [0.1, 0.15) is 6.33 Å². The van der Waals surface area contributed by atoms with Gasteiger partial charge in [0.05, 0.1) is 17.5 Å². The maximum Gasteiger partial charge on any atom is 0.233 e. The summed E-state index contributed by atoms with van der Waals surface area (Å²) >= 11 is 0. The molecule has 2 amide bonds. The van der Waals surface area contributed by atoms with Crippen molar-refractivity contribution < 1.29 is 14.0 Å². The van der Waals surface area contributed by atoms with Crippen LogP contribution >= 0.6 is 0 Å². The molecule has 1 aromatic heterocycles. The Morgan fingerprint density at radius 1 is 1.20 bits per heavy atom. The predicted octanol–water partition coefficient (Wildman–Crippen LogP) is 1.79. The lowest BCUT2D eigenvalue weighted by atomic mass is 9.85. The zero-order valence-electron chi connectivity index (χ0n) is 14.1. The van der Waals surface area contributed by atoms with Gasteiger partial charge in [0.25, 0.3) is 0 Å². The van der Waals surface area contributed by atoms with Gasteiger partial charge in [-0.1, -0.05) is 19.1 Å². The van der Waals surface area contributed by atoms with E-state index in [1.54, 1.807) is 0 Å². The summed E-state index contributed by atoms with van der Waals surface area (Å²) < 4.78 is 14.1. The Balaban J connectivity index is 1.33. The second-order valence-corrected chi connectivity index (χ2v) is 6.94. The molecule has 1 saturated carbocycles. The molecule has 7 heteroatoms. The van der Waals surface area contributed by atoms with Gasteiger partial charge in [-0.05, 0) is 31.1 Å². The molecule has 0 spiro atoms. The van der Waals surface area contributed by atoms with Gasteiger partial charge in [0, 0.05) is 13.1 Å². The first-order valence-electron chi connectivity index (χ1n) is 8.88. The van der Waals surface area contributed by atoms with Crippen molar-refractivity contribution in [3.63, 3.8) is 0 Å². The number of aromatic nitrogens is 2. The van der Waals surface area contributed by atoms with Crippen molar-refractivity contribution >= 4 is 17.6 Å². The number of amides is 2. The molecule has 0 unspecified atom stereocenters. The summed E-state index contributed by atoms with van der Waals surface area (Å²) in [5.74, 6) is -0.166. The maximum absolute atomic E-state index is 14.1. The molecule has 0 aromatic carbocycles. The normalized spacial score (nSPS) is 29.6. The summed E-state index contributed by atoms with van der Waals surface area (Å²) in [5, 5.41) is 2.93. The molecule has 25 heavy (non-hydrogen) atoms. The molecular formula is C18H21FN4O2. The highest BCUT2D eigenvalue weighted by molar-refractivity contribution is 6.06. The SMILES string of the molecule is CCc1ncnc(NCCCN2C(=O)[C@@H]3[C@@H](C2=O)[C@H]2C=C[C@H]3C2)c1F. The Morgan fingerprint density at radius 2 is 1.88 bits per heavy atom. The number of halogens is 1. The molecule has 4 rings (SSSR count). The Bertz CT molecular complexity index is 721. The van der Waals surface area contributed by atoms with Crippen molar-refractivity contribution in [2.24, 2.45) is 23.7 Å². The van der Waals surface area contributed by atoms with Gasteiger partial charge >= 0.3 is 0 Å².